The van der Waals surface area contributed by atoms with Gasteiger partial charge in [0, 0.05) is 0 Å². The van der Waals surface area contributed by atoms with Gasteiger partial charge in [-0.3, -0.25) is 0 Å². The van der Waals surface area contributed by atoms with Gasteiger partial charge in [-0.2, -0.15) is 0 Å². The molecule has 0 bridgehead atoms. The van der Waals surface area contributed by atoms with Crippen molar-refractivity contribution in [2.75, 3.05) is 6.16 Å². The molecule has 1 fully saturated rings. The summed E-state index contributed by atoms with van der Waals surface area (Å²) in [6.45, 7) is 2.14. The predicted molar refractivity (Wildman–Crippen MR) is 66.6 cm³/mol. The zero-order chi connectivity index (χ0) is 10.4. The molecule has 0 aromatic carbocycles. The first-order valence-corrected chi connectivity index (χ1v) is 8.47. The molecule has 0 radical (unpaired) electrons. The van der Waals surface area contributed by atoms with Gasteiger partial charge in [0.15, 0.2) is 0 Å². The summed E-state index contributed by atoms with van der Waals surface area (Å²) in [6, 6.07) is 0. The van der Waals surface area contributed by atoms with Crippen LogP contribution in [0, 0.1) is 5.92 Å². The number of hydrogen-bond acceptors (Lipinski definition) is 2. The van der Waals surface area contributed by atoms with E-state index in [1.54, 1.807) is 0 Å². The van der Waals surface area contributed by atoms with Crippen LogP contribution in [0.4, 0.5) is 0 Å². The maximum absolute atomic E-state index is 9.34. The van der Waals surface area contributed by atoms with E-state index in [-0.39, 0.29) is 5.40 Å². The summed E-state index contributed by atoms with van der Waals surface area (Å²) in [6.07, 6.45) is 8.91. The Balaban J connectivity index is 2.29. The maximum atomic E-state index is 9.34. The van der Waals surface area contributed by atoms with Gasteiger partial charge in [-0.1, -0.05) is 47.6 Å². The lowest BCUT2D eigenvalue weighted by atomic mass is 9.87. The van der Waals surface area contributed by atoms with Crippen LogP contribution < -0.4 is 0 Å². The quantitative estimate of drug-likeness (QED) is 0.721. The van der Waals surface area contributed by atoms with Gasteiger partial charge in [-0.15, -0.1) is 0 Å². The molecular formula is C10H23O2P2+. The Labute approximate surface area is 90.2 Å². The van der Waals surface area contributed by atoms with E-state index < -0.39 is 8.38 Å². The SMILES string of the molecule is CCPC(CC1CCCCC1)[PH+](O)O. The lowest BCUT2D eigenvalue weighted by molar-refractivity contribution is 0.340. The van der Waals surface area contributed by atoms with E-state index in [0.717, 1.165) is 27.1 Å². The third-order valence-electron chi connectivity index (χ3n) is 3.06. The van der Waals surface area contributed by atoms with E-state index in [2.05, 4.69) is 6.92 Å². The minimum atomic E-state index is -2.02. The van der Waals surface area contributed by atoms with E-state index >= 15 is 0 Å². The van der Waals surface area contributed by atoms with Gasteiger partial charge in [0.2, 0.25) is 0 Å². The molecule has 4 heteroatoms. The molecule has 0 aromatic heterocycles. The molecular weight excluding hydrogens is 214 g/mol. The van der Waals surface area contributed by atoms with Crippen LogP contribution in [-0.2, 0) is 0 Å². The maximum Gasteiger partial charge on any atom is 0.262 e. The summed E-state index contributed by atoms with van der Waals surface area (Å²) >= 11 is 0. The van der Waals surface area contributed by atoms with Gasteiger partial charge in [0.05, 0.1) is 0 Å². The summed E-state index contributed by atoms with van der Waals surface area (Å²) < 4.78 is 0. The summed E-state index contributed by atoms with van der Waals surface area (Å²) in [7, 11) is -1.27. The normalized spacial score (nSPS) is 22.3. The summed E-state index contributed by atoms with van der Waals surface area (Å²) in [4.78, 5) is 18.7. The smallest absolute Gasteiger partial charge is 0.222 e. The van der Waals surface area contributed by atoms with Crippen LogP contribution in [0.2, 0.25) is 0 Å². The molecule has 1 aliphatic rings. The molecule has 0 spiro atoms. The first-order chi connectivity index (χ1) is 6.74. The standard InChI is InChI=1S/C10H22O2P2/c1-2-13-10(14(11)12)8-9-6-4-3-5-7-9/h9-13H,2-8H2,1H3/p+1. The van der Waals surface area contributed by atoms with E-state index in [0.29, 0.717) is 0 Å². The van der Waals surface area contributed by atoms with E-state index in [4.69, 9.17) is 0 Å². The van der Waals surface area contributed by atoms with Gasteiger partial charge < -0.3 is 0 Å². The van der Waals surface area contributed by atoms with Crippen LogP contribution in [-0.4, -0.2) is 21.3 Å². The van der Waals surface area contributed by atoms with Crippen LogP contribution in [0.3, 0.4) is 0 Å². The van der Waals surface area contributed by atoms with Crippen LogP contribution in [0.25, 0.3) is 0 Å². The Kier molecular flexibility index (Phi) is 6.53. The van der Waals surface area contributed by atoms with Gasteiger partial charge in [0.1, 0.15) is 5.40 Å². The van der Waals surface area contributed by atoms with Crippen molar-refractivity contribution < 1.29 is 9.79 Å². The van der Waals surface area contributed by atoms with Gasteiger partial charge >= 0.3 is 0 Å². The molecule has 2 N–H and O–H groups in total. The molecule has 0 amide bonds. The highest BCUT2D eigenvalue weighted by molar-refractivity contribution is 7.61. The molecule has 0 saturated heterocycles. The highest BCUT2D eigenvalue weighted by Crippen LogP contribution is 2.47. The highest BCUT2D eigenvalue weighted by Gasteiger charge is 2.27. The third-order valence-corrected chi connectivity index (χ3v) is 6.44. The molecule has 1 rings (SSSR count). The predicted octanol–water partition coefficient (Wildman–Crippen LogP) is 3.01. The minimum absolute atomic E-state index is 0.244. The van der Waals surface area contributed by atoms with Crippen molar-refractivity contribution in [3.05, 3.63) is 0 Å². The molecule has 0 heterocycles. The van der Waals surface area contributed by atoms with E-state index in [1.807, 2.05) is 0 Å². The van der Waals surface area contributed by atoms with Crippen molar-refractivity contribution in [2.24, 2.45) is 5.92 Å². The summed E-state index contributed by atoms with van der Waals surface area (Å²) in [5.74, 6) is 0.784. The second-order valence-corrected chi connectivity index (χ2v) is 8.01. The third kappa shape index (κ3) is 4.53. The molecule has 2 nitrogen and oxygen atoms in total. The van der Waals surface area contributed by atoms with E-state index in [1.165, 1.54) is 32.1 Å². The van der Waals surface area contributed by atoms with Crippen molar-refractivity contribution in [3.8, 4) is 0 Å². The zero-order valence-corrected chi connectivity index (χ0v) is 11.0. The molecule has 1 aliphatic carbocycles. The van der Waals surface area contributed by atoms with Gasteiger partial charge in [-0.25, -0.2) is 9.79 Å². The zero-order valence-electron chi connectivity index (χ0n) is 9.00. The van der Waals surface area contributed by atoms with Crippen LogP contribution in [0.15, 0.2) is 0 Å². The molecule has 1 saturated carbocycles. The molecule has 14 heavy (non-hydrogen) atoms. The Morgan fingerprint density at radius 3 is 2.43 bits per heavy atom. The monoisotopic (exact) mass is 237 g/mol. The molecule has 0 aliphatic heterocycles. The number of rotatable bonds is 5. The highest BCUT2D eigenvalue weighted by atomic mass is 31.2. The topological polar surface area (TPSA) is 40.5 Å². The van der Waals surface area contributed by atoms with Crippen molar-refractivity contribution in [1.29, 1.82) is 0 Å². The van der Waals surface area contributed by atoms with Crippen molar-refractivity contribution in [2.45, 2.75) is 50.8 Å². The Hall–Kier alpha value is 0.780. The fourth-order valence-electron chi connectivity index (χ4n) is 2.28. The largest absolute Gasteiger partial charge is 0.262 e. The van der Waals surface area contributed by atoms with E-state index in [9.17, 15) is 9.79 Å². The fraction of sp³-hybridized carbons (Fsp3) is 1.00. The van der Waals surface area contributed by atoms with Gasteiger partial charge in [-0.05, 0) is 18.5 Å². The lowest BCUT2D eigenvalue weighted by Crippen LogP contribution is -2.12. The molecule has 2 atom stereocenters. The van der Waals surface area contributed by atoms with Crippen molar-refractivity contribution >= 4 is 17.0 Å². The van der Waals surface area contributed by atoms with Crippen molar-refractivity contribution in [3.63, 3.8) is 0 Å². The van der Waals surface area contributed by atoms with Crippen LogP contribution in [0.1, 0.15) is 45.4 Å². The second kappa shape index (κ2) is 7.12. The minimum Gasteiger partial charge on any atom is -0.222 e. The molecule has 84 valence electrons. The van der Waals surface area contributed by atoms with Crippen molar-refractivity contribution in [1.82, 2.24) is 0 Å². The van der Waals surface area contributed by atoms with Crippen LogP contribution >= 0.6 is 17.0 Å². The van der Waals surface area contributed by atoms with Gasteiger partial charge in [0.25, 0.3) is 8.38 Å². The summed E-state index contributed by atoms with van der Waals surface area (Å²) in [5, 5.41) is 0.244. The molecule has 2 unspecified atom stereocenters. The van der Waals surface area contributed by atoms with Crippen LogP contribution in [0.5, 0.6) is 0 Å². The molecule has 0 aromatic rings. The average molecular weight is 237 g/mol. The Morgan fingerprint density at radius 2 is 1.93 bits per heavy atom. The Bertz CT molecular complexity index is 147. The first-order valence-electron chi connectivity index (χ1n) is 5.72. The second-order valence-electron chi connectivity index (χ2n) is 4.21. The average Bonchev–Trinajstić information content (AvgIpc) is 2.18. The Morgan fingerprint density at radius 1 is 1.29 bits per heavy atom. The fourth-order valence-corrected chi connectivity index (χ4v) is 5.16. The summed E-state index contributed by atoms with van der Waals surface area (Å²) in [5.41, 5.74) is 0. The lowest BCUT2D eigenvalue weighted by Gasteiger charge is -2.23. The number of hydrogen-bond donors (Lipinski definition) is 2. The first kappa shape index (κ1) is 12.8.